The van der Waals surface area contributed by atoms with Crippen molar-refractivity contribution in [1.29, 1.82) is 0 Å². The fourth-order valence-electron chi connectivity index (χ4n) is 6.76. The summed E-state index contributed by atoms with van der Waals surface area (Å²) in [5.74, 6) is 1.90. The highest BCUT2D eigenvalue weighted by Crippen LogP contribution is 2.35. The van der Waals surface area contributed by atoms with E-state index in [4.69, 9.17) is 9.47 Å². The van der Waals surface area contributed by atoms with Crippen LogP contribution in [0.3, 0.4) is 0 Å². The van der Waals surface area contributed by atoms with Crippen LogP contribution in [-0.2, 0) is 0 Å². The highest BCUT2D eigenvalue weighted by atomic mass is 16.5. The highest BCUT2D eigenvalue weighted by Gasteiger charge is 2.10. The molecule has 0 aliphatic carbocycles. The van der Waals surface area contributed by atoms with Crippen LogP contribution in [-0.4, -0.2) is 13.2 Å². The van der Waals surface area contributed by atoms with Gasteiger partial charge in [-0.15, -0.1) is 0 Å². The monoisotopic (exact) mass is 666 g/mol. The quantitative estimate of drug-likeness (QED) is 0.0416. The Hall–Kier alpha value is -4.30. The van der Waals surface area contributed by atoms with Crippen molar-refractivity contribution in [3.05, 3.63) is 119 Å². The first-order chi connectivity index (χ1) is 24.8. The first kappa shape index (κ1) is 37.0. The van der Waals surface area contributed by atoms with Crippen molar-refractivity contribution in [3.63, 3.8) is 0 Å². The number of hydrogen-bond donors (Lipinski definition) is 0. The summed E-state index contributed by atoms with van der Waals surface area (Å²) >= 11 is 0. The predicted octanol–water partition coefficient (Wildman–Crippen LogP) is 14.6. The van der Waals surface area contributed by atoms with Crippen LogP contribution in [0.2, 0.25) is 0 Å². The molecule has 0 unspecified atom stereocenters. The Morgan fingerprint density at radius 2 is 0.680 bits per heavy atom. The molecule has 0 saturated carbocycles. The standard InChI is InChI=1S/C48H58O2/c1-3-5-7-9-11-13-19-37-49-41-31-25-39(26-32-41)29-35-47-43-21-15-17-23-45(43)48(46-24-18-16-22-44(46)47)36-30-40-27-33-42(34-28-40)50-38-20-14-12-10-8-6-4-2/h15-18,21-36H,3-14,19-20,37-38H2,1-2H3/b35-29+,36-30+. The summed E-state index contributed by atoms with van der Waals surface area (Å²) in [4.78, 5) is 0. The normalized spacial score (nSPS) is 11.7. The maximum atomic E-state index is 6.04. The molecule has 0 radical (unpaired) electrons. The van der Waals surface area contributed by atoms with Gasteiger partial charge in [-0.2, -0.15) is 0 Å². The van der Waals surface area contributed by atoms with Gasteiger partial charge in [-0.25, -0.2) is 0 Å². The molecule has 50 heavy (non-hydrogen) atoms. The number of rotatable bonds is 22. The van der Waals surface area contributed by atoms with E-state index in [-0.39, 0.29) is 0 Å². The van der Waals surface area contributed by atoms with Crippen LogP contribution in [0.1, 0.15) is 126 Å². The SMILES string of the molecule is CCCCCCCCCOc1ccc(/C=C/c2c3ccccc3c(/C=C/c3ccc(OCCCCCCCCC)cc3)c3ccccc23)cc1. The van der Waals surface area contributed by atoms with Gasteiger partial charge < -0.3 is 9.47 Å². The molecule has 2 nitrogen and oxygen atoms in total. The molecule has 5 aromatic rings. The van der Waals surface area contributed by atoms with Crippen molar-refractivity contribution in [2.45, 2.75) is 104 Å². The third-order valence-corrected chi connectivity index (χ3v) is 9.69. The maximum absolute atomic E-state index is 6.04. The molecule has 0 aromatic heterocycles. The van der Waals surface area contributed by atoms with Crippen molar-refractivity contribution >= 4 is 45.8 Å². The van der Waals surface area contributed by atoms with E-state index < -0.39 is 0 Å². The molecule has 0 amide bonds. The average molecular weight is 667 g/mol. The fraction of sp³-hybridized carbons (Fsp3) is 0.375. The molecule has 262 valence electrons. The van der Waals surface area contributed by atoms with Crippen molar-refractivity contribution in [2.75, 3.05) is 13.2 Å². The largest absolute Gasteiger partial charge is 0.494 e. The lowest BCUT2D eigenvalue weighted by atomic mass is 9.91. The Kier molecular flexibility index (Phi) is 15.6. The van der Waals surface area contributed by atoms with Gasteiger partial charge in [-0.05, 0) is 80.9 Å². The third kappa shape index (κ3) is 11.4. The summed E-state index contributed by atoms with van der Waals surface area (Å²) in [5, 5.41) is 5.02. The molecular formula is C48H58O2. The lowest BCUT2D eigenvalue weighted by Crippen LogP contribution is -1.97. The highest BCUT2D eigenvalue weighted by molar-refractivity contribution is 6.14. The van der Waals surface area contributed by atoms with Crippen molar-refractivity contribution in [2.24, 2.45) is 0 Å². The fourth-order valence-corrected chi connectivity index (χ4v) is 6.76. The number of benzene rings is 5. The zero-order valence-electron chi connectivity index (χ0n) is 30.7. The van der Waals surface area contributed by atoms with E-state index in [1.807, 2.05) is 0 Å². The summed E-state index contributed by atoms with van der Waals surface area (Å²) in [5.41, 5.74) is 4.82. The van der Waals surface area contributed by atoms with E-state index in [1.165, 1.54) is 121 Å². The van der Waals surface area contributed by atoms with E-state index in [0.29, 0.717) is 0 Å². The van der Waals surface area contributed by atoms with Crippen LogP contribution < -0.4 is 9.47 Å². The minimum atomic E-state index is 0.792. The minimum absolute atomic E-state index is 0.792. The van der Waals surface area contributed by atoms with Crippen LogP contribution in [0, 0.1) is 0 Å². The van der Waals surface area contributed by atoms with E-state index >= 15 is 0 Å². The Bertz CT molecular complexity index is 1570. The number of fused-ring (bicyclic) bond motifs is 2. The molecule has 2 heteroatoms. The van der Waals surface area contributed by atoms with Gasteiger partial charge in [0.05, 0.1) is 13.2 Å². The van der Waals surface area contributed by atoms with Gasteiger partial charge in [-0.1, -0.05) is 188 Å². The lowest BCUT2D eigenvalue weighted by molar-refractivity contribution is 0.304. The molecule has 0 fully saturated rings. The molecule has 0 aliphatic heterocycles. The molecule has 0 spiro atoms. The molecule has 5 aromatic carbocycles. The van der Waals surface area contributed by atoms with Crippen molar-refractivity contribution in [3.8, 4) is 11.5 Å². The Morgan fingerprint density at radius 1 is 0.360 bits per heavy atom. The van der Waals surface area contributed by atoms with E-state index in [0.717, 1.165) is 37.6 Å². The number of unbranched alkanes of at least 4 members (excludes halogenated alkanes) is 12. The number of ether oxygens (including phenoxy) is 2. The Balaban J connectivity index is 1.23. The first-order valence-electron chi connectivity index (χ1n) is 19.5. The van der Waals surface area contributed by atoms with Gasteiger partial charge in [0.2, 0.25) is 0 Å². The third-order valence-electron chi connectivity index (χ3n) is 9.69. The molecule has 5 rings (SSSR count). The van der Waals surface area contributed by atoms with Crippen LogP contribution in [0.4, 0.5) is 0 Å². The second-order valence-electron chi connectivity index (χ2n) is 13.7. The summed E-state index contributed by atoms with van der Waals surface area (Å²) in [6.07, 6.45) is 27.1. The van der Waals surface area contributed by atoms with Gasteiger partial charge >= 0.3 is 0 Å². The number of hydrogen-bond acceptors (Lipinski definition) is 2. The second kappa shape index (κ2) is 21.0. The lowest BCUT2D eigenvalue weighted by Gasteiger charge is -2.13. The molecular weight excluding hydrogens is 609 g/mol. The van der Waals surface area contributed by atoms with Crippen LogP contribution in [0.15, 0.2) is 97.1 Å². The van der Waals surface area contributed by atoms with Crippen LogP contribution in [0.25, 0.3) is 45.8 Å². The van der Waals surface area contributed by atoms with E-state index in [1.54, 1.807) is 0 Å². The van der Waals surface area contributed by atoms with E-state index in [9.17, 15) is 0 Å². The van der Waals surface area contributed by atoms with Crippen LogP contribution >= 0.6 is 0 Å². The summed E-state index contributed by atoms with van der Waals surface area (Å²) in [6.45, 7) is 6.12. The zero-order chi connectivity index (χ0) is 34.6. The molecule has 0 heterocycles. The topological polar surface area (TPSA) is 18.5 Å². The molecule has 0 bridgehead atoms. The Labute approximate surface area is 302 Å². The van der Waals surface area contributed by atoms with Crippen LogP contribution in [0.5, 0.6) is 11.5 Å². The zero-order valence-corrected chi connectivity index (χ0v) is 30.7. The van der Waals surface area contributed by atoms with Gasteiger partial charge in [0, 0.05) is 0 Å². The Morgan fingerprint density at radius 3 is 1.02 bits per heavy atom. The van der Waals surface area contributed by atoms with Gasteiger partial charge in [0.15, 0.2) is 0 Å². The minimum Gasteiger partial charge on any atom is -0.494 e. The maximum Gasteiger partial charge on any atom is 0.119 e. The molecule has 0 atom stereocenters. The summed E-state index contributed by atoms with van der Waals surface area (Å²) in [6, 6.07) is 34.6. The molecule has 0 saturated heterocycles. The molecule has 0 N–H and O–H groups in total. The van der Waals surface area contributed by atoms with Crippen molar-refractivity contribution in [1.82, 2.24) is 0 Å². The summed E-state index contributed by atoms with van der Waals surface area (Å²) in [7, 11) is 0. The van der Waals surface area contributed by atoms with Gasteiger partial charge in [0.1, 0.15) is 11.5 Å². The van der Waals surface area contributed by atoms with Gasteiger partial charge in [-0.3, -0.25) is 0 Å². The molecule has 0 aliphatic rings. The van der Waals surface area contributed by atoms with E-state index in [2.05, 4.69) is 135 Å². The average Bonchev–Trinajstić information content (AvgIpc) is 3.16. The second-order valence-corrected chi connectivity index (χ2v) is 13.7. The first-order valence-corrected chi connectivity index (χ1v) is 19.5. The van der Waals surface area contributed by atoms with Crippen molar-refractivity contribution < 1.29 is 9.47 Å². The smallest absolute Gasteiger partial charge is 0.119 e. The predicted molar refractivity (Wildman–Crippen MR) is 219 cm³/mol. The van der Waals surface area contributed by atoms with Gasteiger partial charge in [0.25, 0.3) is 0 Å². The summed E-state index contributed by atoms with van der Waals surface area (Å²) < 4.78 is 12.1.